The molecule has 1 unspecified atom stereocenters. The molecule has 0 spiro atoms. The molecular formula is C16H31IN4O2. The lowest BCUT2D eigenvalue weighted by atomic mass is 9.97. The summed E-state index contributed by atoms with van der Waals surface area (Å²) in [5.74, 6) is 1.64. The number of rotatable bonds is 3. The van der Waals surface area contributed by atoms with Crippen LogP contribution in [0.5, 0.6) is 0 Å². The van der Waals surface area contributed by atoms with Crippen molar-refractivity contribution < 1.29 is 9.53 Å². The number of guanidine groups is 1. The summed E-state index contributed by atoms with van der Waals surface area (Å²) in [5, 5.41) is 3.52. The lowest BCUT2D eigenvalue weighted by Crippen LogP contribution is -2.48. The lowest BCUT2D eigenvalue weighted by Gasteiger charge is -2.35. The Morgan fingerprint density at radius 1 is 1.26 bits per heavy atom. The van der Waals surface area contributed by atoms with Gasteiger partial charge in [-0.3, -0.25) is 9.79 Å². The summed E-state index contributed by atoms with van der Waals surface area (Å²) in [6, 6.07) is 0. The van der Waals surface area contributed by atoms with Gasteiger partial charge < -0.3 is 19.9 Å². The van der Waals surface area contributed by atoms with E-state index in [0.29, 0.717) is 5.92 Å². The fraction of sp³-hybridized carbons (Fsp3) is 0.875. The first kappa shape index (κ1) is 20.5. The lowest BCUT2D eigenvalue weighted by molar-refractivity contribution is -0.146. The standard InChI is InChI=1S/C16H30N4O2.HI/c1-17-16(18-11-13-5-4-8-19(2)12-13)20-9-6-14(7-10-20)15(21)22-3;/h13-14H,4-12H2,1-3H3,(H,17,18);1H. The van der Waals surface area contributed by atoms with Crippen LogP contribution in [-0.2, 0) is 9.53 Å². The SMILES string of the molecule is CN=C(NCC1CCCN(C)C1)N1CCC(C(=O)OC)CC1.I. The molecule has 2 aliphatic heterocycles. The van der Waals surface area contributed by atoms with Crippen LogP contribution in [0.3, 0.4) is 0 Å². The number of nitrogens with zero attached hydrogens (tertiary/aromatic N) is 3. The number of hydrogen-bond donors (Lipinski definition) is 1. The minimum absolute atomic E-state index is 0. The molecule has 0 bridgehead atoms. The van der Waals surface area contributed by atoms with Crippen molar-refractivity contribution in [1.29, 1.82) is 0 Å². The summed E-state index contributed by atoms with van der Waals surface area (Å²) >= 11 is 0. The number of piperidine rings is 2. The van der Waals surface area contributed by atoms with Gasteiger partial charge in [0, 0.05) is 33.2 Å². The highest BCUT2D eigenvalue weighted by atomic mass is 127. The van der Waals surface area contributed by atoms with Gasteiger partial charge in [0.25, 0.3) is 0 Å². The van der Waals surface area contributed by atoms with Gasteiger partial charge in [-0.2, -0.15) is 0 Å². The third kappa shape index (κ3) is 6.10. The van der Waals surface area contributed by atoms with E-state index in [1.165, 1.54) is 26.5 Å². The number of nitrogens with one attached hydrogen (secondary N) is 1. The molecule has 1 atom stereocenters. The molecule has 2 aliphatic rings. The van der Waals surface area contributed by atoms with Gasteiger partial charge >= 0.3 is 5.97 Å². The fourth-order valence-corrected chi connectivity index (χ4v) is 3.50. The predicted molar refractivity (Wildman–Crippen MR) is 103 cm³/mol. The number of halogens is 1. The Morgan fingerprint density at radius 2 is 1.96 bits per heavy atom. The summed E-state index contributed by atoms with van der Waals surface area (Å²) in [5.41, 5.74) is 0. The van der Waals surface area contributed by atoms with E-state index in [1.807, 2.05) is 7.05 Å². The number of carbonyl (C=O) groups excluding carboxylic acids is 1. The van der Waals surface area contributed by atoms with Gasteiger partial charge in [0.05, 0.1) is 13.0 Å². The van der Waals surface area contributed by atoms with E-state index >= 15 is 0 Å². The third-order valence-corrected chi connectivity index (χ3v) is 4.81. The van der Waals surface area contributed by atoms with Crippen molar-refractivity contribution in [2.75, 3.05) is 53.9 Å². The molecule has 2 heterocycles. The van der Waals surface area contributed by atoms with Crippen LogP contribution in [0.2, 0.25) is 0 Å². The smallest absolute Gasteiger partial charge is 0.308 e. The van der Waals surface area contributed by atoms with Crippen LogP contribution >= 0.6 is 24.0 Å². The Balaban J connectivity index is 0.00000264. The Morgan fingerprint density at radius 3 is 2.52 bits per heavy atom. The number of methoxy groups -OCH3 is 1. The quantitative estimate of drug-likeness (QED) is 0.313. The molecule has 2 fully saturated rings. The van der Waals surface area contributed by atoms with Crippen LogP contribution in [0.1, 0.15) is 25.7 Å². The molecule has 2 saturated heterocycles. The zero-order valence-electron chi connectivity index (χ0n) is 14.6. The summed E-state index contributed by atoms with van der Waals surface area (Å²) in [7, 11) is 5.50. The zero-order chi connectivity index (χ0) is 15.9. The number of ether oxygens (including phenoxy) is 1. The van der Waals surface area contributed by atoms with Crippen LogP contribution in [0.15, 0.2) is 4.99 Å². The van der Waals surface area contributed by atoms with Crippen molar-refractivity contribution >= 4 is 35.9 Å². The van der Waals surface area contributed by atoms with Gasteiger partial charge in [-0.25, -0.2) is 0 Å². The molecule has 0 aliphatic carbocycles. The van der Waals surface area contributed by atoms with Crippen molar-refractivity contribution in [3.05, 3.63) is 0 Å². The molecule has 0 radical (unpaired) electrons. The van der Waals surface area contributed by atoms with E-state index in [4.69, 9.17) is 4.74 Å². The van der Waals surface area contributed by atoms with Crippen molar-refractivity contribution in [3.63, 3.8) is 0 Å². The summed E-state index contributed by atoms with van der Waals surface area (Å²) in [4.78, 5) is 20.7. The van der Waals surface area contributed by atoms with Gasteiger partial charge in [-0.05, 0) is 45.2 Å². The molecule has 2 rings (SSSR count). The molecule has 0 amide bonds. The minimum Gasteiger partial charge on any atom is -0.469 e. The average molecular weight is 438 g/mol. The number of likely N-dealkylation sites (tertiary alicyclic amines) is 2. The van der Waals surface area contributed by atoms with Crippen molar-refractivity contribution in [2.24, 2.45) is 16.8 Å². The van der Waals surface area contributed by atoms with Gasteiger partial charge in [0.2, 0.25) is 0 Å². The molecule has 7 heteroatoms. The molecule has 134 valence electrons. The van der Waals surface area contributed by atoms with E-state index in [1.54, 1.807) is 0 Å². The van der Waals surface area contributed by atoms with E-state index in [9.17, 15) is 4.79 Å². The van der Waals surface area contributed by atoms with E-state index in [-0.39, 0.29) is 35.9 Å². The van der Waals surface area contributed by atoms with Gasteiger partial charge in [-0.1, -0.05) is 0 Å². The molecule has 23 heavy (non-hydrogen) atoms. The number of hydrogen-bond acceptors (Lipinski definition) is 4. The maximum atomic E-state index is 11.6. The predicted octanol–water partition coefficient (Wildman–Crippen LogP) is 1.41. The molecule has 0 aromatic heterocycles. The highest BCUT2D eigenvalue weighted by Gasteiger charge is 2.27. The van der Waals surface area contributed by atoms with Crippen LogP contribution in [0.4, 0.5) is 0 Å². The number of aliphatic imine (C=N–C) groups is 1. The van der Waals surface area contributed by atoms with Crippen molar-refractivity contribution in [3.8, 4) is 0 Å². The highest BCUT2D eigenvalue weighted by Crippen LogP contribution is 2.19. The average Bonchev–Trinajstić information content (AvgIpc) is 2.55. The maximum Gasteiger partial charge on any atom is 0.308 e. The Kier molecular flexibility index (Phi) is 9.19. The second kappa shape index (κ2) is 10.3. The van der Waals surface area contributed by atoms with Crippen LogP contribution in [-0.4, -0.2) is 75.7 Å². The largest absolute Gasteiger partial charge is 0.469 e. The molecule has 6 nitrogen and oxygen atoms in total. The molecular weight excluding hydrogens is 407 g/mol. The Labute approximate surface area is 157 Å². The Hall–Kier alpha value is -0.570. The van der Waals surface area contributed by atoms with Crippen LogP contribution < -0.4 is 5.32 Å². The first-order valence-electron chi connectivity index (χ1n) is 8.36. The molecule has 1 N–H and O–H groups in total. The van der Waals surface area contributed by atoms with Crippen molar-refractivity contribution in [1.82, 2.24) is 15.1 Å². The monoisotopic (exact) mass is 438 g/mol. The summed E-state index contributed by atoms with van der Waals surface area (Å²) in [6.07, 6.45) is 4.27. The second-order valence-corrected chi connectivity index (χ2v) is 6.48. The van der Waals surface area contributed by atoms with E-state index in [0.717, 1.165) is 45.0 Å². The first-order chi connectivity index (χ1) is 10.6. The number of carbonyl (C=O) groups is 1. The summed E-state index contributed by atoms with van der Waals surface area (Å²) < 4.78 is 4.84. The molecule has 0 aromatic carbocycles. The first-order valence-corrected chi connectivity index (χ1v) is 8.36. The van der Waals surface area contributed by atoms with Gasteiger partial charge in [0.1, 0.15) is 0 Å². The Bertz CT molecular complexity index is 398. The van der Waals surface area contributed by atoms with Crippen molar-refractivity contribution in [2.45, 2.75) is 25.7 Å². The van der Waals surface area contributed by atoms with E-state index < -0.39 is 0 Å². The van der Waals surface area contributed by atoms with Gasteiger partial charge in [0.15, 0.2) is 5.96 Å². The summed E-state index contributed by atoms with van der Waals surface area (Å²) in [6.45, 7) is 5.09. The van der Waals surface area contributed by atoms with Crippen LogP contribution in [0.25, 0.3) is 0 Å². The van der Waals surface area contributed by atoms with Gasteiger partial charge in [-0.15, -0.1) is 24.0 Å². The second-order valence-electron chi connectivity index (χ2n) is 6.48. The number of esters is 1. The normalized spacial score (nSPS) is 24.0. The van der Waals surface area contributed by atoms with Crippen LogP contribution in [0, 0.1) is 11.8 Å². The highest BCUT2D eigenvalue weighted by molar-refractivity contribution is 14.0. The zero-order valence-corrected chi connectivity index (χ0v) is 16.9. The maximum absolute atomic E-state index is 11.6. The topological polar surface area (TPSA) is 57.2 Å². The van der Waals surface area contributed by atoms with E-state index in [2.05, 4.69) is 27.2 Å². The molecule has 0 saturated carbocycles. The third-order valence-electron chi connectivity index (χ3n) is 4.81. The minimum atomic E-state index is -0.0761. The molecule has 0 aromatic rings. The fourth-order valence-electron chi connectivity index (χ4n) is 3.50.